The minimum atomic E-state index is -0.624. The zero-order valence-corrected chi connectivity index (χ0v) is 14.5. The van der Waals surface area contributed by atoms with Crippen molar-refractivity contribution in [2.45, 2.75) is 0 Å². The van der Waals surface area contributed by atoms with Gasteiger partial charge in [0, 0.05) is 5.69 Å². The number of rotatable bonds is 3. The van der Waals surface area contributed by atoms with E-state index in [1.807, 2.05) is 0 Å². The fourth-order valence-corrected chi connectivity index (χ4v) is 2.45. The Bertz CT molecular complexity index is 779. The molecule has 1 amide bonds. The minimum Gasteiger partial charge on any atom is -0.465 e. The average Bonchev–Trinajstić information content (AvgIpc) is 2.56. The summed E-state index contributed by atoms with van der Waals surface area (Å²) in [4.78, 5) is 27.4. The van der Waals surface area contributed by atoms with E-state index in [1.54, 1.807) is 0 Å². The summed E-state index contributed by atoms with van der Waals surface area (Å²) in [6, 6.07) is 6.05. The van der Waals surface area contributed by atoms with Crippen molar-refractivity contribution in [1.82, 2.24) is 4.98 Å². The van der Waals surface area contributed by atoms with Crippen molar-refractivity contribution in [2.75, 3.05) is 12.4 Å². The molecule has 1 aromatic carbocycles. The molecule has 0 saturated heterocycles. The third-order valence-corrected chi connectivity index (χ3v) is 4.44. The lowest BCUT2D eigenvalue weighted by atomic mass is 10.2. The summed E-state index contributed by atoms with van der Waals surface area (Å²) in [5.74, 6) is -1.11. The number of methoxy groups -OCH3 is 1. The zero-order chi connectivity index (χ0) is 17.1. The number of esters is 1. The van der Waals surface area contributed by atoms with Gasteiger partial charge in [-0.3, -0.25) is 4.79 Å². The number of nitrogens with zero attached hydrogens (tertiary/aromatic N) is 1. The lowest BCUT2D eigenvalue weighted by Crippen LogP contribution is -2.15. The molecule has 0 aliphatic heterocycles. The van der Waals surface area contributed by atoms with Crippen molar-refractivity contribution in [3.05, 3.63) is 55.7 Å². The van der Waals surface area contributed by atoms with E-state index in [1.165, 1.54) is 31.4 Å². The lowest BCUT2D eigenvalue weighted by Gasteiger charge is -2.09. The van der Waals surface area contributed by atoms with Gasteiger partial charge in [-0.25, -0.2) is 9.78 Å². The van der Waals surface area contributed by atoms with Crippen molar-refractivity contribution in [2.24, 2.45) is 0 Å². The summed E-state index contributed by atoms with van der Waals surface area (Å²) in [5.41, 5.74) is 0.602. The molecule has 2 rings (SSSR count). The number of hydrogen-bond acceptors (Lipinski definition) is 4. The molecule has 2 aromatic rings. The van der Waals surface area contributed by atoms with E-state index in [0.717, 1.165) is 0 Å². The molecule has 0 saturated carbocycles. The summed E-state index contributed by atoms with van der Waals surface area (Å²) in [6.07, 6.45) is 0. The number of carbonyl (C=O) groups excluding carboxylic acids is 2. The highest BCUT2D eigenvalue weighted by molar-refractivity contribution is 6.52. The van der Waals surface area contributed by atoms with Crippen LogP contribution >= 0.6 is 46.4 Å². The Kier molecular flexibility index (Phi) is 5.70. The molecule has 1 aromatic heterocycles. The van der Waals surface area contributed by atoms with E-state index >= 15 is 0 Å². The fraction of sp³-hybridized carbons (Fsp3) is 0.0714. The number of halogens is 4. The maximum Gasteiger partial charge on any atom is 0.337 e. The van der Waals surface area contributed by atoms with Crippen LogP contribution in [0.3, 0.4) is 0 Å². The molecule has 0 bridgehead atoms. The molecule has 1 N–H and O–H groups in total. The van der Waals surface area contributed by atoms with Gasteiger partial charge >= 0.3 is 5.97 Å². The van der Waals surface area contributed by atoms with Crippen LogP contribution in [0.25, 0.3) is 0 Å². The van der Waals surface area contributed by atoms with Crippen LogP contribution in [0.4, 0.5) is 5.69 Å². The van der Waals surface area contributed by atoms with E-state index in [-0.39, 0.29) is 25.9 Å². The van der Waals surface area contributed by atoms with Crippen LogP contribution in [0.1, 0.15) is 20.8 Å². The number of ether oxygens (including phenoxy) is 1. The Morgan fingerprint density at radius 3 is 2.17 bits per heavy atom. The summed E-state index contributed by atoms with van der Waals surface area (Å²) in [7, 11) is 1.28. The standard InChI is InChI=1S/C14H8Cl4N2O3/c1-23-14(22)6-2-4-7(5-3-6)19-13(21)11-9(16)8(15)10(17)12(18)20-11/h2-5H,1H3,(H,19,21). The zero-order valence-electron chi connectivity index (χ0n) is 11.5. The van der Waals surface area contributed by atoms with Gasteiger partial charge in [-0.1, -0.05) is 46.4 Å². The van der Waals surface area contributed by atoms with Gasteiger partial charge in [0.1, 0.15) is 10.8 Å². The highest BCUT2D eigenvalue weighted by atomic mass is 35.5. The number of benzene rings is 1. The van der Waals surface area contributed by atoms with E-state index in [9.17, 15) is 9.59 Å². The van der Waals surface area contributed by atoms with Crippen molar-refractivity contribution >= 4 is 64.0 Å². The molecule has 0 fully saturated rings. The molecular formula is C14H8Cl4N2O3. The number of pyridine rings is 1. The smallest absolute Gasteiger partial charge is 0.337 e. The van der Waals surface area contributed by atoms with Gasteiger partial charge in [-0.2, -0.15) is 0 Å². The highest BCUT2D eigenvalue weighted by Gasteiger charge is 2.20. The van der Waals surface area contributed by atoms with Crippen LogP contribution in [0.5, 0.6) is 0 Å². The molecule has 0 unspecified atom stereocenters. The minimum absolute atomic E-state index is 0.0303. The van der Waals surface area contributed by atoms with Gasteiger partial charge in [0.2, 0.25) is 0 Å². The van der Waals surface area contributed by atoms with Gasteiger partial charge in [0.05, 0.1) is 27.7 Å². The topological polar surface area (TPSA) is 68.3 Å². The Labute approximate surface area is 151 Å². The maximum absolute atomic E-state index is 12.2. The first-order chi connectivity index (χ1) is 10.8. The molecule has 0 aliphatic carbocycles. The second-order valence-electron chi connectivity index (χ2n) is 4.22. The van der Waals surface area contributed by atoms with Crippen LogP contribution in [-0.2, 0) is 4.74 Å². The van der Waals surface area contributed by atoms with Crippen LogP contribution < -0.4 is 5.32 Å². The number of aromatic nitrogens is 1. The molecule has 0 radical (unpaired) electrons. The predicted molar refractivity (Wildman–Crippen MR) is 90.0 cm³/mol. The quantitative estimate of drug-likeness (QED) is 0.604. The second-order valence-corrected chi connectivity index (χ2v) is 5.71. The number of carbonyl (C=O) groups is 2. The van der Waals surface area contributed by atoms with Crippen molar-refractivity contribution in [3.8, 4) is 0 Å². The monoisotopic (exact) mass is 392 g/mol. The van der Waals surface area contributed by atoms with Gasteiger partial charge in [0.15, 0.2) is 0 Å². The van der Waals surface area contributed by atoms with Gasteiger partial charge in [0.25, 0.3) is 5.91 Å². The van der Waals surface area contributed by atoms with Gasteiger partial charge in [-0.05, 0) is 24.3 Å². The van der Waals surface area contributed by atoms with Crippen molar-refractivity contribution in [1.29, 1.82) is 0 Å². The van der Waals surface area contributed by atoms with E-state index in [4.69, 9.17) is 46.4 Å². The van der Waals surface area contributed by atoms with Gasteiger partial charge < -0.3 is 10.1 Å². The summed E-state index contributed by atoms with van der Waals surface area (Å²) in [5, 5.41) is 2.23. The SMILES string of the molecule is COC(=O)c1ccc(NC(=O)c2nc(Cl)c(Cl)c(Cl)c2Cl)cc1. The number of nitrogens with one attached hydrogen (secondary N) is 1. The molecule has 0 aliphatic rings. The Balaban J connectivity index is 2.24. The molecule has 23 heavy (non-hydrogen) atoms. The summed E-state index contributed by atoms with van der Waals surface area (Å²) < 4.78 is 4.58. The largest absolute Gasteiger partial charge is 0.465 e. The van der Waals surface area contributed by atoms with E-state index < -0.39 is 11.9 Å². The third kappa shape index (κ3) is 3.87. The number of hydrogen-bond donors (Lipinski definition) is 1. The van der Waals surface area contributed by atoms with Crippen LogP contribution in [0.15, 0.2) is 24.3 Å². The Morgan fingerprint density at radius 1 is 1.00 bits per heavy atom. The van der Waals surface area contributed by atoms with Crippen molar-refractivity contribution in [3.63, 3.8) is 0 Å². The lowest BCUT2D eigenvalue weighted by molar-refractivity contribution is 0.0600. The maximum atomic E-state index is 12.2. The first-order valence-corrected chi connectivity index (χ1v) is 7.56. The first-order valence-electron chi connectivity index (χ1n) is 6.05. The molecule has 120 valence electrons. The number of amides is 1. The summed E-state index contributed by atoms with van der Waals surface area (Å²) >= 11 is 23.4. The molecule has 0 atom stereocenters. The Hall–Kier alpha value is -1.53. The van der Waals surface area contributed by atoms with Crippen LogP contribution in [0, 0.1) is 0 Å². The van der Waals surface area contributed by atoms with Crippen LogP contribution in [0.2, 0.25) is 20.2 Å². The second kappa shape index (κ2) is 7.36. The first kappa shape index (κ1) is 17.8. The van der Waals surface area contributed by atoms with Crippen molar-refractivity contribution < 1.29 is 14.3 Å². The third-order valence-electron chi connectivity index (χ3n) is 2.76. The number of anilines is 1. The van der Waals surface area contributed by atoms with E-state index in [2.05, 4.69) is 15.0 Å². The molecule has 0 spiro atoms. The molecule has 9 heteroatoms. The molecule has 5 nitrogen and oxygen atoms in total. The van der Waals surface area contributed by atoms with E-state index in [0.29, 0.717) is 11.3 Å². The highest BCUT2D eigenvalue weighted by Crippen LogP contribution is 2.36. The summed E-state index contributed by atoms with van der Waals surface area (Å²) in [6.45, 7) is 0. The Morgan fingerprint density at radius 2 is 1.61 bits per heavy atom. The van der Waals surface area contributed by atoms with Gasteiger partial charge in [-0.15, -0.1) is 0 Å². The fourth-order valence-electron chi connectivity index (χ4n) is 1.64. The average molecular weight is 394 g/mol. The molecular weight excluding hydrogens is 386 g/mol. The van der Waals surface area contributed by atoms with Crippen LogP contribution in [-0.4, -0.2) is 24.0 Å². The molecule has 1 heterocycles. The normalized spacial score (nSPS) is 10.3. The predicted octanol–water partition coefficient (Wildman–Crippen LogP) is 4.73.